The summed E-state index contributed by atoms with van der Waals surface area (Å²) in [6, 6.07) is 16.2. The second-order valence-electron chi connectivity index (χ2n) is 7.71. The maximum absolute atomic E-state index is 12.2. The molecule has 0 aliphatic carbocycles. The van der Waals surface area contributed by atoms with E-state index in [1.54, 1.807) is 0 Å². The lowest BCUT2D eigenvalue weighted by Crippen LogP contribution is -2.30. The van der Waals surface area contributed by atoms with E-state index in [1.165, 1.54) is 0 Å². The molecule has 1 aromatic heterocycles. The zero-order chi connectivity index (χ0) is 21.0. The molecule has 0 saturated carbocycles. The molecule has 3 rings (SSSR count). The Morgan fingerprint density at radius 2 is 1.86 bits per heavy atom. The lowest BCUT2D eigenvalue weighted by atomic mass is 10.1. The number of hydrogen-bond acceptors (Lipinski definition) is 3. The van der Waals surface area contributed by atoms with Gasteiger partial charge in [-0.2, -0.15) is 5.10 Å². The Hall–Kier alpha value is -3.08. The molecule has 5 nitrogen and oxygen atoms in total. The van der Waals surface area contributed by atoms with Crippen molar-refractivity contribution in [1.29, 1.82) is 0 Å². The Bertz CT molecular complexity index is 1010. The molecule has 152 valence electrons. The first-order valence-corrected chi connectivity index (χ1v) is 10.0. The zero-order valence-corrected chi connectivity index (χ0v) is 17.8. The molecular weight excluding hydrogens is 362 g/mol. The highest BCUT2D eigenvalue weighted by Crippen LogP contribution is 2.33. The highest BCUT2D eigenvalue weighted by Gasteiger charge is 2.20. The summed E-state index contributed by atoms with van der Waals surface area (Å²) < 4.78 is 8.21. The van der Waals surface area contributed by atoms with Gasteiger partial charge < -0.3 is 10.1 Å². The maximum atomic E-state index is 12.2. The van der Waals surface area contributed by atoms with Crippen molar-refractivity contribution in [3.8, 4) is 17.3 Å². The summed E-state index contributed by atoms with van der Waals surface area (Å²) in [5, 5.41) is 7.70. The SMILES string of the molecule is Cc1cccc(-n2nc(C)c(CCC(=O)NC(C)C)c2Oc2ccccc2C)c1. The van der Waals surface area contributed by atoms with Crippen molar-refractivity contribution in [3.63, 3.8) is 0 Å². The first kappa shape index (κ1) is 20.6. The van der Waals surface area contributed by atoms with E-state index in [2.05, 4.69) is 24.4 Å². The third-order valence-electron chi connectivity index (χ3n) is 4.74. The molecular formula is C24H29N3O2. The van der Waals surface area contributed by atoms with Gasteiger partial charge in [0, 0.05) is 18.0 Å². The van der Waals surface area contributed by atoms with Gasteiger partial charge in [-0.05, 0) is 70.4 Å². The van der Waals surface area contributed by atoms with Crippen LogP contribution in [0.1, 0.15) is 42.7 Å². The molecule has 1 amide bonds. The molecule has 5 heteroatoms. The highest BCUT2D eigenvalue weighted by molar-refractivity contribution is 5.76. The number of para-hydroxylation sites is 1. The van der Waals surface area contributed by atoms with E-state index in [9.17, 15) is 4.79 Å². The van der Waals surface area contributed by atoms with Gasteiger partial charge in [-0.15, -0.1) is 0 Å². The average Bonchev–Trinajstić information content (AvgIpc) is 2.97. The minimum absolute atomic E-state index is 0.0320. The molecule has 0 fully saturated rings. The fourth-order valence-corrected chi connectivity index (χ4v) is 3.27. The van der Waals surface area contributed by atoms with Crippen LogP contribution in [0.2, 0.25) is 0 Å². The molecule has 0 saturated heterocycles. The summed E-state index contributed by atoms with van der Waals surface area (Å²) in [5.41, 5.74) is 4.96. The van der Waals surface area contributed by atoms with Crippen molar-refractivity contribution in [2.75, 3.05) is 0 Å². The normalized spacial score (nSPS) is 11.0. The number of benzene rings is 2. The number of carbonyl (C=O) groups is 1. The van der Waals surface area contributed by atoms with Crippen LogP contribution in [0.5, 0.6) is 11.6 Å². The van der Waals surface area contributed by atoms with E-state index in [0.29, 0.717) is 18.7 Å². The Balaban J connectivity index is 2.00. The van der Waals surface area contributed by atoms with E-state index >= 15 is 0 Å². The summed E-state index contributed by atoms with van der Waals surface area (Å²) in [7, 11) is 0. The number of amides is 1. The minimum Gasteiger partial charge on any atom is -0.438 e. The quantitative estimate of drug-likeness (QED) is 0.613. The van der Waals surface area contributed by atoms with Gasteiger partial charge in [0.25, 0.3) is 0 Å². The van der Waals surface area contributed by atoms with E-state index in [4.69, 9.17) is 9.84 Å². The molecule has 0 atom stereocenters. The molecule has 0 spiro atoms. The Morgan fingerprint density at radius 3 is 2.55 bits per heavy atom. The molecule has 0 bridgehead atoms. The maximum Gasteiger partial charge on any atom is 0.226 e. The molecule has 1 heterocycles. The van der Waals surface area contributed by atoms with Crippen LogP contribution in [0.4, 0.5) is 0 Å². The molecule has 29 heavy (non-hydrogen) atoms. The van der Waals surface area contributed by atoms with Crippen LogP contribution in [0.15, 0.2) is 48.5 Å². The molecule has 0 aliphatic heterocycles. The monoisotopic (exact) mass is 391 g/mol. The summed E-state index contributed by atoms with van der Waals surface area (Å²) in [6.07, 6.45) is 0.958. The van der Waals surface area contributed by atoms with Crippen molar-refractivity contribution in [2.45, 2.75) is 53.5 Å². The fraction of sp³-hybridized carbons (Fsp3) is 0.333. The van der Waals surface area contributed by atoms with Gasteiger partial charge in [0.15, 0.2) is 0 Å². The van der Waals surface area contributed by atoms with E-state index in [0.717, 1.165) is 33.8 Å². The van der Waals surface area contributed by atoms with Crippen LogP contribution in [-0.2, 0) is 11.2 Å². The molecule has 2 aromatic carbocycles. The molecule has 0 aliphatic rings. The van der Waals surface area contributed by atoms with Crippen LogP contribution in [0, 0.1) is 20.8 Å². The van der Waals surface area contributed by atoms with Gasteiger partial charge in [0.1, 0.15) is 5.75 Å². The van der Waals surface area contributed by atoms with Gasteiger partial charge in [-0.1, -0.05) is 30.3 Å². The van der Waals surface area contributed by atoms with E-state index in [1.807, 2.05) is 68.8 Å². The lowest BCUT2D eigenvalue weighted by Gasteiger charge is -2.14. The fourth-order valence-electron chi connectivity index (χ4n) is 3.27. The molecule has 1 N–H and O–H groups in total. The summed E-state index contributed by atoms with van der Waals surface area (Å²) in [4.78, 5) is 12.2. The third kappa shape index (κ3) is 5.05. The van der Waals surface area contributed by atoms with Crippen molar-refractivity contribution in [1.82, 2.24) is 15.1 Å². The number of hydrogen-bond donors (Lipinski definition) is 1. The first-order valence-electron chi connectivity index (χ1n) is 10.0. The number of aromatic nitrogens is 2. The third-order valence-corrected chi connectivity index (χ3v) is 4.74. The highest BCUT2D eigenvalue weighted by atomic mass is 16.5. The Kier molecular flexibility index (Phi) is 6.37. The second-order valence-corrected chi connectivity index (χ2v) is 7.71. The largest absolute Gasteiger partial charge is 0.438 e. The van der Waals surface area contributed by atoms with Crippen molar-refractivity contribution < 1.29 is 9.53 Å². The molecule has 3 aromatic rings. The standard InChI is InChI=1S/C24H29N3O2/c1-16(2)25-23(28)14-13-21-19(5)26-27(20-11-8-9-17(3)15-20)24(21)29-22-12-7-6-10-18(22)4/h6-12,15-16H,13-14H2,1-5H3,(H,25,28). The van der Waals surface area contributed by atoms with Crippen LogP contribution >= 0.6 is 0 Å². The van der Waals surface area contributed by atoms with Crippen molar-refractivity contribution >= 4 is 5.91 Å². The smallest absolute Gasteiger partial charge is 0.226 e. The predicted octanol–water partition coefficient (Wildman–Crippen LogP) is 5.05. The summed E-state index contributed by atoms with van der Waals surface area (Å²) in [5.74, 6) is 1.48. The zero-order valence-electron chi connectivity index (χ0n) is 17.8. The van der Waals surface area contributed by atoms with Gasteiger partial charge in [-0.25, -0.2) is 4.68 Å². The van der Waals surface area contributed by atoms with Gasteiger partial charge >= 0.3 is 0 Å². The molecule has 0 unspecified atom stereocenters. The number of nitrogens with one attached hydrogen (secondary N) is 1. The van der Waals surface area contributed by atoms with Crippen molar-refractivity contribution in [2.24, 2.45) is 0 Å². The molecule has 0 radical (unpaired) electrons. The first-order chi connectivity index (χ1) is 13.8. The average molecular weight is 392 g/mol. The van der Waals surface area contributed by atoms with Crippen LogP contribution < -0.4 is 10.1 Å². The number of carbonyl (C=O) groups excluding carboxylic acids is 1. The van der Waals surface area contributed by atoms with E-state index < -0.39 is 0 Å². The number of aryl methyl sites for hydroxylation is 3. The minimum atomic E-state index is 0.0320. The van der Waals surface area contributed by atoms with Gasteiger partial charge in [0.05, 0.1) is 11.4 Å². The summed E-state index contributed by atoms with van der Waals surface area (Å²) in [6.45, 7) is 9.97. The topological polar surface area (TPSA) is 56.2 Å². The number of nitrogens with zero attached hydrogens (tertiary/aromatic N) is 2. The van der Waals surface area contributed by atoms with Crippen LogP contribution in [0.3, 0.4) is 0 Å². The Morgan fingerprint density at radius 1 is 1.10 bits per heavy atom. The number of ether oxygens (including phenoxy) is 1. The Labute approximate surface area is 172 Å². The second kappa shape index (κ2) is 8.95. The van der Waals surface area contributed by atoms with E-state index in [-0.39, 0.29) is 11.9 Å². The summed E-state index contributed by atoms with van der Waals surface area (Å²) >= 11 is 0. The van der Waals surface area contributed by atoms with Crippen LogP contribution in [0.25, 0.3) is 5.69 Å². The lowest BCUT2D eigenvalue weighted by molar-refractivity contribution is -0.121. The van der Waals surface area contributed by atoms with Gasteiger partial charge in [-0.3, -0.25) is 4.79 Å². The predicted molar refractivity (Wildman–Crippen MR) is 116 cm³/mol. The van der Waals surface area contributed by atoms with Gasteiger partial charge in [0.2, 0.25) is 11.8 Å². The number of rotatable bonds is 7. The van der Waals surface area contributed by atoms with Crippen molar-refractivity contribution in [3.05, 3.63) is 70.9 Å². The van der Waals surface area contributed by atoms with Crippen LogP contribution in [-0.4, -0.2) is 21.7 Å².